The van der Waals surface area contributed by atoms with E-state index in [1.54, 1.807) is 6.07 Å². The van der Waals surface area contributed by atoms with Crippen molar-refractivity contribution in [3.63, 3.8) is 0 Å². The summed E-state index contributed by atoms with van der Waals surface area (Å²) in [6.07, 6.45) is 1.08. The Hall–Kier alpha value is -0.400. The first-order valence-corrected chi connectivity index (χ1v) is 7.64. The number of nitrogens with zero attached hydrogens (tertiary/aromatic N) is 2. The van der Waals surface area contributed by atoms with Gasteiger partial charge in [0, 0.05) is 43.2 Å². The molecule has 0 aromatic carbocycles. The van der Waals surface area contributed by atoms with Gasteiger partial charge in [-0.15, -0.1) is 24.8 Å². The molecule has 0 aliphatic carbocycles. The average molecular weight is 356 g/mol. The average Bonchev–Trinajstić information content (AvgIpc) is 2.89. The molecule has 1 aliphatic rings. The van der Waals surface area contributed by atoms with E-state index >= 15 is 0 Å². The highest BCUT2D eigenvalue weighted by Crippen LogP contribution is 2.37. The lowest BCUT2D eigenvalue weighted by Crippen LogP contribution is -2.46. The monoisotopic (exact) mass is 355 g/mol. The maximum absolute atomic E-state index is 10.8. The van der Waals surface area contributed by atoms with Crippen LogP contribution in [0.4, 0.5) is 5.00 Å². The van der Waals surface area contributed by atoms with Crippen molar-refractivity contribution in [1.82, 2.24) is 10.2 Å². The molecule has 0 saturated carbocycles. The Morgan fingerprint density at radius 2 is 2.00 bits per heavy atom. The summed E-state index contributed by atoms with van der Waals surface area (Å²) in [7, 11) is 0. The standard InChI is InChI=1S/C13H21N3O2S.2ClH/c1-3-10(2)13(15-8-6-14-7-9-15)11-4-5-12(19-11)16(17)18;;/h4-5,10,13-14H,3,6-9H2,1-2H3;2*1H/t10?,13-;;/m0../s1. The van der Waals surface area contributed by atoms with E-state index in [9.17, 15) is 10.1 Å². The molecule has 1 fully saturated rings. The van der Waals surface area contributed by atoms with Gasteiger partial charge in [0.25, 0.3) is 0 Å². The van der Waals surface area contributed by atoms with E-state index in [0.717, 1.165) is 37.5 Å². The van der Waals surface area contributed by atoms with Crippen LogP contribution in [0.2, 0.25) is 0 Å². The number of rotatable bonds is 5. The van der Waals surface area contributed by atoms with Crippen LogP contribution in [-0.4, -0.2) is 36.0 Å². The molecule has 8 heteroatoms. The molecule has 122 valence electrons. The maximum atomic E-state index is 10.8. The molecule has 21 heavy (non-hydrogen) atoms. The van der Waals surface area contributed by atoms with Crippen LogP contribution in [0, 0.1) is 16.0 Å². The second-order valence-electron chi connectivity index (χ2n) is 5.05. The molecule has 0 bridgehead atoms. The van der Waals surface area contributed by atoms with Crippen LogP contribution in [0.1, 0.15) is 31.2 Å². The van der Waals surface area contributed by atoms with Crippen molar-refractivity contribution in [3.8, 4) is 0 Å². The van der Waals surface area contributed by atoms with Gasteiger partial charge in [0.2, 0.25) is 0 Å². The zero-order valence-corrected chi connectivity index (χ0v) is 14.7. The van der Waals surface area contributed by atoms with E-state index in [2.05, 4.69) is 24.1 Å². The molecule has 1 saturated heterocycles. The summed E-state index contributed by atoms with van der Waals surface area (Å²) in [5, 5.41) is 14.4. The molecule has 2 atom stereocenters. The van der Waals surface area contributed by atoms with Gasteiger partial charge in [-0.2, -0.15) is 0 Å². The van der Waals surface area contributed by atoms with E-state index in [-0.39, 0.29) is 34.7 Å². The van der Waals surface area contributed by atoms with Gasteiger partial charge in [-0.3, -0.25) is 15.0 Å². The van der Waals surface area contributed by atoms with Gasteiger partial charge in [-0.25, -0.2) is 0 Å². The van der Waals surface area contributed by atoms with Crippen LogP contribution in [-0.2, 0) is 0 Å². The van der Waals surface area contributed by atoms with Gasteiger partial charge in [-0.1, -0.05) is 31.6 Å². The minimum absolute atomic E-state index is 0. The van der Waals surface area contributed by atoms with Crippen molar-refractivity contribution in [2.24, 2.45) is 5.92 Å². The predicted molar refractivity (Wildman–Crippen MR) is 92.1 cm³/mol. The van der Waals surface area contributed by atoms with E-state index in [1.165, 1.54) is 11.3 Å². The van der Waals surface area contributed by atoms with Gasteiger partial charge in [0.1, 0.15) is 0 Å². The molecule has 0 amide bonds. The Morgan fingerprint density at radius 3 is 2.48 bits per heavy atom. The van der Waals surface area contributed by atoms with Crippen LogP contribution >= 0.6 is 36.2 Å². The Morgan fingerprint density at radius 1 is 1.38 bits per heavy atom. The number of hydrogen-bond acceptors (Lipinski definition) is 5. The summed E-state index contributed by atoms with van der Waals surface area (Å²) in [6.45, 7) is 8.45. The first-order chi connectivity index (χ1) is 9.13. The Balaban J connectivity index is 0.00000200. The van der Waals surface area contributed by atoms with Crippen molar-refractivity contribution in [1.29, 1.82) is 0 Å². The molecular formula is C13H23Cl2N3O2S. The number of halogens is 2. The van der Waals surface area contributed by atoms with Crippen molar-refractivity contribution in [2.45, 2.75) is 26.3 Å². The summed E-state index contributed by atoms with van der Waals surface area (Å²) >= 11 is 1.33. The van der Waals surface area contributed by atoms with Crippen molar-refractivity contribution >= 4 is 41.2 Å². The molecule has 1 aromatic rings. The van der Waals surface area contributed by atoms with E-state index in [1.807, 2.05) is 6.07 Å². The molecule has 0 radical (unpaired) electrons. The Labute approximate surface area is 142 Å². The normalized spacial score (nSPS) is 18.2. The maximum Gasteiger partial charge on any atom is 0.324 e. The molecule has 5 nitrogen and oxygen atoms in total. The first-order valence-electron chi connectivity index (χ1n) is 6.82. The van der Waals surface area contributed by atoms with E-state index in [0.29, 0.717) is 12.0 Å². The van der Waals surface area contributed by atoms with E-state index < -0.39 is 0 Å². The van der Waals surface area contributed by atoms with Crippen LogP contribution in [0.3, 0.4) is 0 Å². The fourth-order valence-corrected chi connectivity index (χ4v) is 3.69. The third kappa shape index (κ3) is 5.07. The zero-order chi connectivity index (χ0) is 13.8. The molecule has 1 N–H and O–H groups in total. The predicted octanol–water partition coefficient (Wildman–Crippen LogP) is 3.49. The molecule has 0 spiro atoms. The lowest BCUT2D eigenvalue weighted by Gasteiger charge is -2.37. The minimum atomic E-state index is -0.292. The number of thiophene rings is 1. The third-order valence-corrected chi connectivity index (χ3v) is 4.92. The largest absolute Gasteiger partial charge is 0.324 e. The number of nitro groups is 1. The summed E-state index contributed by atoms with van der Waals surface area (Å²) < 4.78 is 0. The van der Waals surface area contributed by atoms with Gasteiger partial charge in [0.15, 0.2) is 0 Å². The fourth-order valence-electron chi connectivity index (χ4n) is 2.60. The van der Waals surface area contributed by atoms with Gasteiger partial charge < -0.3 is 5.32 Å². The van der Waals surface area contributed by atoms with Crippen LogP contribution in [0.25, 0.3) is 0 Å². The summed E-state index contributed by atoms with van der Waals surface area (Å²) in [4.78, 5) is 14.1. The highest BCUT2D eigenvalue weighted by Gasteiger charge is 2.28. The lowest BCUT2D eigenvalue weighted by molar-refractivity contribution is -0.380. The Bertz CT molecular complexity index is 439. The first kappa shape index (κ1) is 20.6. The van der Waals surface area contributed by atoms with Crippen LogP contribution in [0.5, 0.6) is 0 Å². The van der Waals surface area contributed by atoms with Gasteiger partial charge in [0.05, 0.1) is 4.92 Å². The molecular weight excluding hydrogens is 333 g/mol. The smallest absolute Gasteiger partial charge is 0.314 e. The van der Waals surface area contributed by atoms with Gasteiger partial charge >= 0.3 is 5.00 Å². The number of piperazine rings is 1. The summed E-state index contributed by atoms with van der Waals surface area (Å²) in [6, 6.07) is 3.88. The topological polar surface area (TPSA) is 58.4 Å². The quantitative estimate of drug-likeness (QED) is 0.648. The van der Waals surface area contributed by atoms with Crippen molar-refractivity contribution < 1.29 is 4.92 Å². The molecule has 2 rings (SSSR count). The fraction of sp³-hybridized carbons (Fsp3) is 0.692. The van der Waals surface area contributed by atoms with Crippen LogP contribution < -0.4 is 5.32 Å². The second-order valence-corrected chi connectivity index (χ2v) is 6.14. The summed E-state index contributed by atoms with van der Waals surface area (Å²) in [5.41, 5.74) is 0. The lowest BCUT2D eigenvalue weighted by atomic mass is 9.95. The highest BCUT2D eigenvalue weighted by atomic mass is 35.5. The minimum Gasteiger partial charge on any atom is -0.314 e. The third-order valence-electron chi connectivity index (χ3n) is 3.81. The zero-order valence-electron chi connectivity index (χ0n) is 12.3. The van der Waals surface area contributed by atoms with Gasteiger partial charge in [-0.05, 0) is 12.0 Å². The molecule has 1 aromatic heterocycles. The van der Waals surface area contributed by atoms with Crippen molar-refractivity contribution in [2.75, 3.05) is 26.2 Å². The molecule has 1 aliphatic heterocycles. The SMILES string of the molecule is CCC(C)[C@@H](c1ccc([N+](=O)[O-])s1)N1CCNCC1.Cl.Cl. The second kappa shape index (κ2) is 9.58. The van der Waals surface area contributed by atoms with E-state index in [4.69, 9.17) is 0 Å². The highest BCUT2D eigenvalue weighted by molar-refractivity contribution is 7.15. The Kier molecular flexibility index (Phi) is 9.40. The van der Waals surface area contributed by atoms with Crippen molar-refractivity contribution in [3.05, 3.63) is 27.1 Å². The van der Waals surface area contributed by atoms with Crippen LogP contribution in [0.15, 0.2) is 12.1 Å². The number of hydrogen-bond donors (Lipinski definition) is 1. The molecule has 1 unspecified atom stereocenters. The number of nitrogens with one attached hydrogen (secondary N) is 1. The molecule has 2 heterocycles. The summed E-state index contributed by atoms with van der Waals surface area (Å²) in [5.74, 6) is 0.511.